The lowest BCUT2D eigenvalue weighted by atomic mass is 9.97. The Kier molecular flexibility index (Phi) is 4.31. The van der Waals surface area contributed by atoms with Gasteiger partial charge < -0.3 is 0 Å². The van der Waals surface area contributed by atoms with Gasteiger partial charge in [-0.25, -0.2) is 4.39 Å². The van der Waals surface area contributed by atoms with Gasteiger partial charge in [-0.05, 0) is 41.9 Å². The first kappa shape index (κ1) is 12.2. The first-order valence-corrected chi connectivity index (χ1v) is 5.79. The lowest BCUT2D eigenvalue weighted by Crippen LogP contribution is -1.97. The summed E-state index contributed by atoms with van der Waals surface area (Å²) in [7, 11) is 0. The fourth-order valence-electron chi connectivity index (χ4n) is 1.57. The Hall–Kier alpha value is -0.850. The highest BCUT2D eigenvalue weighted by Gasteiger charge is 2.06. The molecule has 0 aliphatic heterocycles. The molecule has 1 aromatic rings. The lowest BCUT2D eigenvalue weighted by Gasteiger charge is -2.09. The predicted molar refractivity (Wildman–Crippen MR) is 63.6 cm³/mol. The Morgan fingerprint density at radius 2 is 1.80 bits per heavy atom. The fourth-order valence-corrected chi connectivity index (χ4v) is 1.57. The van der Waals surface area contributed by atoms with Crippen molar-refractivity contribution >= 4 is 0 Å². The number of hydrogen-bond acceptors (Lipinski definition) is 0. The van der Waals surface area contributed by atoms with Crippen LogP contribution in [0, 0.1) is 11.7 Å². The third-order valence-corrected chi connectivity index (χ3v) is 2.73. The second-order valence-electron chi connectivity index (χ2n) is 4.94. The van der Waals surface area contributed by atoms with Crippen LogP contribution in [0.5, 0.6) is 0 Å². The summed E-state index contributed by atoms with van der Waals surface area (Å²) in [6.45, 7) is 8.51. The topological polar surface area (TPSA) is 0 Å². The standard InChI is InChI=1S/C14H21F/c1-10(2)5-6-12-7-8-13(11(3)4)9-14(12)15/h7-11H,5-6H2,1-4H3. The SMILES string of the molecule is CC(C)CCc1ccc(C(C)C)cc1F. The quantitative estimate of drug-likeness (QED) is 0.681. The van der Waals surface area contributed by atoms with Gasteiger partial charge in [0.15, 0.2) is 0 Å². The molecule has 0 aromatic heterocycles. The van der Waals surface area contributed by atoms with E-state index in [0.717, 1.165) is 24.0 Å². The Balaban J connectivity index is 2.75. The molecule has 1 aromatic carbocycles. The molecule has 1 rings (SSSR count). The van der Waals surface area contributed by atoms with E-state index in [1.165, 1.54) is 0 Å². The lowest BCUT2D eigenvalue weighted by molar-refractivity contribution is 0.556. The van der Waals surface area contributed by atoms with Crippen molar-refractivity contribution in [2.45, 2.75) is 46.5 Å². The van der Waals surface area contributed by atoms with Gasteiger partial charge in [-0.1, -0.05) is 39.8 Å². The third-order valence-electron chi connectivity index (χ3n) is 2.73. The zero-order valence-electron chi connectivity index (χ0n) is 10.2. The van der Waals surface area contributed by atoms with Crippen LogP contribution in [0.15, 0.2) is 18.2 Å². The molecule has 0 aliphatic rings. The van der Waals surface area contributed by atoms with Crippen LogP contribution in [0.1, 0.15) is 51.2 Å². The van der Waals surface area contributed by atoms with Gasteiger partial charge in [0.05, 0.1) is 0 Å². The van der Waals surface area contributed by atoms with E-state index in [9.17, 15) is 4.39 Å². The Morgan fingerprint density at radius 1 is 1.13 bits per heavy atom. The van der Waals surface area contributed by atoms with Crippen LogP contribution in [0.2, 0.25) is 0 Å². The molecule has 0 spiro atoms. The number of rotatable bonds is 4. The maximum Gasteiger partial charge on any atom is 0.126 e. The van der Waals surface area contributed by atoms with E-state index in [4.69, 9.17) is 0 Å². The minimum atomic E-state index is -0.0400. The van der Waals surface area contributed by atoms with Crippen LogP contribution in [0.4, 0.5) is 4.39 Å². The smallest absolute Gasteiger partial charge is 0.126 e. The van der Waals surface area contributed by atoms with Crippen LogP contribution in [-0.4, -0.2) is 0 Å². The number of aryl methyl sites for hydroxylation is 1. The summed E-state index contributed by atoms with van der Waals surface area (Å²) in [5, 5.41) is 0. The van der Waals surface area contributed by atoms with Gasteiger partial charge in [-0.15, -0.1) is 0 Å². The molecule has 1 heteroatoms. The molecule has 0 radical (unpaired) electrons. The fraction of sp³-hybridized carbons (Fsp3) is 0.571. The highest BCUT2D eigenvalue weighted by molar-refractivity contribution is 5.26. The molecule has 15 heavy (non-hydrogen) atoms. The van der Waals surface area contributed by atoms with Gasteiger partial charge in [-0.2, -0.15) is 0 Å². The molecule has 0 amide bonds. The van der Waals surface area contributed by atoms with Crippen molar-refractivity contribution in [1.82, 2.24) is 0 Å². The van der Waals surface area contributed by atoms with Crippen LogP contribution in [-0.2, 0) is 6.42 Å². The van der Waals surface area contributed by atoms with Crippen molar-refractivity contribution in [1.29, 1.82) is 0 Å². The summed E-state index contributed by atoms with van der Waals surface area (Å²) in [4.78, 5) is 0. The van der Waals surface area contributed by atoms with E-state index in [2.05, 4.69) is 27.7 Å². The van der Waals surface area contributed by atoms with Crippen LogP contribution >= 0.6 is 0 Å². The third kappa shape index (κ3) is 3.65. The molecule has 0 atom stereocenters. The van der Waals surface area contributed by atoms with Crippen LogP contribution in [0.3, 0.4) is 0 Å². The maximum absolute atomic E-state index is 13.7. The number of benzene rings is 1. The van der Waals surface area contributed by atoms with Gasteiger partial charge in [0.25, 0.3) is 0 Å². The largest absolute Gasteiger partial charge is 0.207 e. The zero-order valence-corrected chi connectivity index (χ0v) is 10.2. The molecule has 0 unspecified atom stereocenters. The molecule has 84 valence electrons. The van der Waals surface area contributed by atoms with Crippen LogP contribution < -0.4 is 0 Å². The van der Waals surface area contributed by atoms with Crippen molar-refractivity contribution in [3.63, 3.8) is 0 Å². The first-order valence-electron chi connectivity index (χ1n) is 5.79. The van der Waals surface area contributed by atoms with E-state index < -0.39 is 0 Å². The normalized spacial score (nSPS) is 11.4. The van der Waals surface area contributed by atoms with Crippen molar-refractivity contribution < 1.29 is 4.39 Å². The van der Waals surface area contributed by atoms with Gasteiger partial charge in [0, 0.05) is 0 Å². The molecule has 0 fully saturated rings. The average Bonchev–Trinajstić information content (AvgIpc) is 2.15. The molecular weight excluding hydrogens is 187 g/mol. The van der Waals surface area contributed by atoms with E-state index >= 15 is 0 Å². The molecule has 0 saturated heterocycles. The molecule has 0 bridgehead atoms. The molecule has 0 aliphatic carbocycles. The van der Waals surface area contributed by atoms with Crippen molar-refractivity contribution in [2.24, 2.45) is 5.92 Å². The highest BCUT2D eigenvalue weighted by atomic mass is 19.1. The van der Waals surface area contributed by atoms with Crippen LogP contribution in [0.25, 0.3) is 0 Å². The Labute approximate surface area is 92.5 Å². The zero-order chi connectivity index (χ0) is 11.4. The predicted octanol–water partition coefficient (Wildman–Crippen LogP) is 4.54. The summed E-state index contributed by atoms with van der Waals surface area (Å²) in [5.41, 5.74) is 1.94. The molecule has 0 saturated carbocycles. The van der Waals surface area contributed by atoms with Crippen molar-refractivity contribution in [3.8, 4) is 0 Å². The van der Waals surface area contributed by atoms with Gasteiger partial charge in [0.2, 0.25) is 0 Å². The maximum atomic E-state index is 13.7. The number of halogens is 1. The minimum absolute atomic E-state index is 0.0400. The summed E-state index contributed by atoms with van der Waals surface area (Å²) < 4.78 is 13.7. The summed E-state index contributed by atoms with van der Waals surface area (Å²) in [5.74, 6) is 0.995. The van der Waals surface area contributed by atoms with Crippen molar-refractivity contribution in [3.05, 3.63) is 35.1 Å². The second-order valence-corrected chi connectivity index (χ2v) is 4.94. The van der Waals surface area contributed by atoms with E-state index in [1.807, 2.05) is 12.1 Å². The molecule has 0 heterocycles. The molecule has 0 nitrogen and oxygen atoms in total. The summed E-state index contributed by atoms with van der Waals surface area (Å²) in [6, 6.07) is 5.66. The average molecular weight is 208 g/mol. The monoisotopic (exact) mass is 208 g/mol. The van der Waals surface area contributed by atoms with E-state index in [-0.39, 0.29) is 5.82 Å². The Morgan fingerprint density at radius 3 is 2.27 bits per heavy atom. The van der Waals surface area contributed by atoms with E-state index in [1.54, 1.807) is 6.07 Å². The molecular formula is C14H21F. The first-order chi connectivity index (χ1) is 7.00. The minimum Gasteiger partial charge on any atom is -0.207 e. The second kappa shape index (κ2) is 5.29. The number of hydrogen-bond donors (Lipinski definition) is 0. The van der Waals surface area contributed by atoms with Gasteiger partial charge in [-0.3, -0.25) is 0 Å². The van der Waals surface area contributed by atoms with Gasteiger partial charge in [0.1, 0.15) is 5.82 Å². The van der Waals surface area contributed by atoms with E-state index in [0.29, 0.717) is 11.8 Å². The van der Waals surface area contributed by atoms with Gasteiger partial charge >= 0.3 is 0 Å². The highest BCUT2D eigenvalue weighted by Crippen LogP contribution is 2.19. The Bertz CT molecular complexity index is 313. The molecule has 0 N–H and O–H groups in total. The summed E-state index contributed by atoms with van der Waals surface area (Å²) >= 11 is 0. The summed E-state index contributed by atoms with van der Waals surface area (Å²) in [6.07, 6.45) is 1.90. The van der Waals surface area contributed by atoms with Crippen molar-refractivity contribution in [2.75, 3.05) is 0 Å².